The van der Waals surface area contributed by atoms with Crippen LogP contribution in [-0.4, -0.2) is 104 Å². The molecule has 560 valence electrons. The third-order valence-corrected chi connectivity index (χ3v) is 22.8. The molecular weight excluding hydrogens is 1430 g/mol. The van der Waals surface area contributed by atoms with Crippen LogP contribution in [-0.2, 0) is 53.2 Å². The summed E-state index contributed by atoms with van der Waals surface area (Å²) in [6.07, 6.45) is 0. The van der Waals surface area contributed by atoms with Gasteiger partial charge in [-0.3, -0.25) is 9.59 Å². The normalized spacial score (nSPS) is 11.1. The lowest BCUT2D eigenvalue weighted by Crippen LogP contribution is -2.36. The number of carbonyl (C=O) groups excluding carboxylic acids is 2. The van der Waals surface area contributed by atoms with Crippen molar-refractivity contribution < 1.29 is 52.6 Å². The number of thiazole rings is 4. The second-order valence-corrected chi connectivity index (χ2v) is 30.3. The van der Waals surface area contributed by atoms with Crippen molar-refractivity contribution in [1.82, 2.24) is 19.9 Å². The molecule has 11 rings (SSSR count). The highest BCUT2D eigenvalue weighted by molar-refractivity contribution is 7.80. The molecule has 7 aromatic carbocycles. The van der Waals surface area contributed by atoms with E-state index in [4.69, 9.17) is 60.8 Å². The smallest absolute Gasteiger partial charge is 0.230 e. The lowest BCUT2D eigenvalue weighted by atomic mass is 10.1. The van der Waals surface area contributed by atoms with Crippen LogP contribution in [0.15, 0.2) is 140 Å². The van der Waals surface area contributed by atoms with Crippen LogP contribution in [0.2, 0.25) is 0 Å². The highest BCUT2D eigenvalue weighted by Gasteiger charge is 2.38. The van der Waals surface area contributed by atoms with Crippen LogP contribution in [0.5, 0.6) is 11.5 Å². The minimum Gasteiger partial charge on any atom is -0.497 e. The maximum Gasteiger partial charge on any atom is 0.230 e. The third kappa shape index (κ3) is 22.1. The first-order chi connectivity index (χ1) is 50.5. The summed E-state index contributed by atoms with van der Waals surface area (Å²) in [4.78, 5) is 46.1. The van der Waals surface area contributed by atoms with Crippen molar-refractivity contribution in [2.24, 2.45) is 5.73 Å². The molecule has 0 amide bonds. The van der Waals surface area contributed by atoms with E-state index in [1.807, 2.05) is 95.3 Å². The minimum absolute atomic E-state index is 0.0328. The van der Waals surface area contributed by atoms with Gasteiger partial charge in [-0.2, -0.15) is 0 Å². The standard InChI is InChI=1S/C24H29NO4S.C22H23NO3S.C16H21NO3S.C14H15NOS.C9H11NS/c1-16-7-12-21(17(2)13-16)23-25-18(3)22(30-23)24(27-5,28-6)15-29-14-19-8-10-20(26-4)11-9-19;1-14-5-10-19(15(2)11-14)22-23-16(3)21(27-22)20(24)13-26-12-17-6-8-18(25-4)9-7-17;1-10-6-7-13(11(2)8-10)15-17-12(3)14(21-15)16(9-18,19-4)20-5;1-8-5-6-12(9(2)7-8)14-15-10(3)13(17-14)11(4)16;1-6-3-4-8(9(10)11)7(2)5-6/h7-13H,14-15H2,1-6H3;5-11H,12-13H2,1-4H3;6-8,18H,9H2,1-5H3;5-7H,1-4H3;3-5H,1-2H3,(H2,10,11). The molecule has 0 fully saturated rings. The highest BCUT2D eigenvalue weighted by atomic mass is 32.1. The zero-order chi connectivity index (χ0) is 77.7. The van der Waals surface area contributed by atoms with Crippen LogP contribution in [0.3, 0.4) is 0 Å². The molecule has 3 N–H and O–H groups in total. The van der Waals surface area contributed by atoms with Crippen LogP contribution in [0.1, 0.15) is 131 Å². The van der Waals surface area contributed by atoms with E-state index in [-0.39, 0.29) is 31.4 Å². The predicted octanol–water partition coefficient (Wildman–Crippen LogP) is 19.6. The predicted molar refractivity (Wildman–Crippen MR) is 437 cm³/mol. The van der Waals surface area contributed by atoms with Crippen molar-refractivity contribution >= 4 is 74.1 Å². The highest BCUT2D eigenvalue weighted by Crippen LogP contribution is 2.41. The van der Waals surface area contributed by atoms with Crippen molar-refractivity contribution in [2.75, 3.05) is 62.5 Å². The summed E-state index contributed by atoms with van der Waals surface area (Å²) >= 11 is 10.9. The van der Waals surface area contributed by atoms with Gasteiger partial charge in [0.05, 0.1) is 69.7 Å². The molecule has 0 unspecified atom stereocenters. The number of aliphatic hydroxyl groups is 1. The number of aromatic nitrogens is 4. The van der Waals surface area contributed by atoms with Crippen LogP contribution in [0, 0.1) is 96.9 Å². The maximum absolute atomic E-state index is 12.6. The van der Waals surface area contributed by atoms with Crippen LogP contribution in [0.25, 0.3) is 42.3 Å². The van der Waals surface area contributed by atoms with Gasteiger partial charge >= 0.3 is 0 Å². The quantitative estimate of drug-likeness (QED) is 0.0328. The Kier molecular flexibility index (Phi) is 31.6. The molecule has 0 saturated carbocycles. The van der Waals surface area contributed by atoms with Crippen LogP contribution < -0.4 is 15.2 Å². The number of ether oxygens (including phenoxy) is 8. The van der Waals surface area contributed by atoms with Crippen LogP contribution in [0.4, 0.5) is 0 Å². The van der Waals surface area contributed by atoms with Gasteiger partial charge in [0.15, 0.2) is 11.6 Å². The molecule has 0 saturated heterocycles. The summed E-state index contributed by atoms with van der Waals surface area (Å²) in [5, 5.41) is 13.3. The summed E-state index contributed by atoms with van der Waals surface area (Å²) in [5.74, 6) is -0.468. The van der Waals surface area contributed by atoms with Crippen molar-refractivity contribution in [3.8, 4) is 53.8 Å². The van der Waals surface area contributed by atoms with Gasteiger partial charge < -0.3 is 48.7 Å². The molecule has 4 heterocycles. The fourth-order valence-electron chi connectivity index (χ4n) is 11.6. The SMILES string of the molecule is CC(=O)c1sc(-c2ccc(C)cc2C)nc1C.COC(CO)(OC)c1sc(-c2ccc(C)cc2C)nc1C.COc1ccc(COCC(=O)c2sc(-c3ccc(C)cc3C)nc2C)cc1.COc1ccc(COCC(OC)(OC)c2sc(-c3ccc(C)cc3C)nc2C)cc1.Cc1ccc(C(N)=S)c(C)c1. The first kappa shape index (κ1) is 84.9. The summed E-state index contributed by atoms with van der Waals surface area (Å²) in [6, 6.07) is 46.7. The molecule has 0 atom stereocenters. The van der Waals surface area contributed by atoms with E-state index in [1.54, 1.807) is 46.7 Å². The minimum atomic E-state index is -1.14. The average molecular weight is 1530 g/mol. The fourth-order valence-corrected chi connectivity index (χ4v) is 16.6. The zero-order valence-corrected chi connectivity index (χ0v) is 68.8. The second-order valence-electron chi connectivity index (χ2n) is 25.8. The first-order valence-corrected chi connectivity index (χ1v) is 38.0. The number of methoxy groups -OCH3 is 6. The van der Waals surface area contributed by atoms with E-state index >= 15 is 0 Å². The Morgan fingerprint density at radius 2 is 0.755 bits per heavy atom. The summed E-state index contributed by atoms with van der Waals surface area (Å²) in [6.45, 7) is 30.8. The van der Waals surface area contributed by atoms with E-state index in [0.29, 0.717) is 23.1 Å². The number of hydrogen-bond acceptors (Lipinski definition) is 20. The van der Waals surface area contributed by atoms with Crippen LogP contribution >= 0.6 is 57.6 Å². The van der Waals surface area contributed by atoms with Crippen molar-refractivity contribution in [3.05, 3.63) is 254 Å². The van der Waals surface area contributed by atoms with Crippen molar-refractivity contribution in [1.29, 1.82) is 0 Å². The van der Waals surface area contributed by atoms with Gasteiger partial charge in [0.1, 0.15) is 56.3 Å². The number of rotatable bonds is 24. The fraction of sp³-hybridized carbons (Fsp3) is 0.329. The number of aliphatic hydroxyl groups excluding tert-OH is 1. The first-order valence-electron chi connectivity index (χ1n) is 34.3. The van der Waals surface area contributed by atoms with E-state index in [0.717, 1.165) is 113 Å². The Bertz CT molecular complexity index is 4770. The van der Waals surface area contributed by atoms with E-state index < -0.39 is 11.6 Å². The van der Waals surface area contributed by atoms with E-state index in [9.17, 15) is 14.7 Å². The number of nitrogens with two attached hydrogens (primary N) is 1. The number of Topliss-reactive ketones (excluding diaryl/α,β-unsaturated/α-hetero) is 2. The van der Waals surface area contributed by atoms with Gasteiger partial charge in [-0.25, -0.2) is 19.9 Å². The molecule has 0 radical (unpaired) electrons. The van der Waals surface area contributed by atoms with Gasteiger partial charge in [0.2, 0.25) is 11.6 Å². The number of benzene rings is 7. The molecule has 4 aromatic heterocycles. The summed E-state index contributed by atoms with van der Waals surface area (Å²) in [7, 11) is 9.60. The maximum atomic E-state index is 12.6. The molecule has 16 nitrogen and oxygen atoms in total. The van der Waals surface area contributed by atoms with Gasteiger partial charge in [0.25, 0.3) is 0 Å². The Hall–Kier alpha value is -8.39. The molecule has 106 heavy (non-hydrogen) atoms. The molecular formula is C85H99N5O11S5. The van der Waals surface area contributed by atoms with E-state index in [1.165, 1.54) is 98.3 Å². The Morgan fingerprint density at radius 1 is 0.425 bits per heavy atom. The molecule has 11 aromatic rings. The zero-order valence-electron chi connectivity index (χ0n) is 64.8. The number of aryl methyl sites for hydroxylation is 14. The van der Waals surface area contributed by atoms with Crippen molar-refractivity contribution in [2.45, 2.75) is 129 Å². The van der Waals surface area contributed by atoms with Gasteiger partial charge in [0, 0.05) is 63.2 Å². The molecule has 0 spiro atoms. The van der Waals surface area contributed by atoms with E-state index in [2.05, 4.69) is 156 Å². The average Bonchev–Trinajstić information content (AvgIpc) is 1.89. The number of hydrogen-bond donors (Lipinski definition) is 2. The largest absolute Gasteiger partial charge is 0.497 e. The molecule has 0 aliphatic heterocycles. The number of thiocarbonyl (C=S) groups is 1. The molecule has 0 bridgehead atoms. The Balaban J connectivity index is 0.000000191. The molecule has 21 heteroatoms. The third-order valence-electron chi connectivity index (χ3n) is 17.5. The second kappa shape index (κ2) is 39.5. The summed E-state index contributed by atoms with van der Waals surface area (Å²) < 4.78 is 44.4. The molecule has 0 aliphatic rings. The topological polar surface area (TPSA) is 206 Å². The number of ketones is 2. The van der Waals surface area contributed by atoms with Gasteiger partial charge in [-0.1, -0.05) is 155 Å². The van der Waals surface area contributed by atoms with Gasteiger partial charge in [-0.05, 0) is 160 Å². The monoisotopic (exact) mass is 1530 g/mol. The van der Waals surface area contributed by atoms with Gasteiger partial charge in [-0.15, -0.1) is 45.3 Å². The Labute approximate surface area is 647 Å². The number of carbonyl (C=O) groups is 2. The molecule has 0 aliphatic carbocycles. The lowest BCUT2D eigenvalue weighted by Gasteiger charge is -2.30. The van der Waals surface area contributed by atoms with Crippen molar-refractivity contribution in [3.63, 3.8) is 0 Å². The summed E-state index contributed by atoms with van der Waals surface area (Å²) in [5.41, 5.74) is 28.3. The number of nitrogens with zero attached hydrogens (tertiary/aromatic N) is 4. The Morgan fingerprint density at radius 3 is 1.08 bits per heavy atom. The lowest BCUT2D eigenvalue weighted by molar-refractivity contribution is -0.244.